The van der Waals surface area contributed by atoms with Crippen molar-refractivity contribution in [3.63, 3.8) is 0 Å². The highest BCUT2D eigenvalue weighted by atomic mass is 16.5. The monoisotopic (exact) mass is 241 g/mol. The molecule has 1 N–H and O–H groups in total. The number of rotatable bonds is 9. The van der Waals surface area contributed by atoms with Crippen molar-refractivity contribution in [2.75, 3.05) is 40.4 Å². The van der Waals surface area contributed by atoms with Crippen LogP contribution in [0.1, 0.15) is 12.7 Å². The zero-order chi connectivity index (χ0) is 12.5. The van der Waals surface area contributed by atoms with Crippen molar-refractivity contribution in [1.29, 1.82) is 0 Å². The Morgan fingerprint density at radius 1 is 1.47 bits per heavy atom. The Hall–Kier alpha value is -0.980. The maximum atomic E-state index is 5.02. The molecule has 0 fully saturated rings. The fourth-order valence-corrected chi connectivity index (χ4v) is 1.52. The van der Waals surface area contributed by atoms with E-state index in [1.807, 2.05) is 4.68 Å². The molecule has 1 heterocycles. The van der Waals surface area contributed by atoms with Gasteiger partial charge in [-0.05, 0) is 14.0 Å². The van der Waals surface area contributed by atoms with Gasteiger partial charge in [0.1, 0.15) is 12.2 Å². The summed E-state index contributed by atoms with van der Waals surface area (Å²) in [6.07, 6.45) is 1.60. The normalized spacial score (nSPS) is 11.3. The molecule has 1 aromatic heterocycles. The largest absolute Gasteiger partial charge is 0.383 e. The van der Waals surface area contributed by atoms with E-state index in [1.54, 1.807) is 13.4 Å². The van der Waals surface area contributed by atoms with Gasteiger partial charge in [-0.15, -0.1) is 0 Å². The molecule has 0 saturated carbocycles. The van der Waals surface area contributed by atoms with E-state index in [0.717, 1.165) is 45.2 Å². The van der Waals surface area contributed by atoms with E-state index >= 15 is 0 Å². The van der Waals surface area contributed by atoms with Crippen molar-refractivity contribution in [3.05, 3.63) is 12.2 Å². The van der Waals surface area contributed by atoms with Crippen LogP contribution in [-0.4, -0.2) is 60.1 Å². The topological polar surface area (TPSA) is 55.2 Å². The van der Waals surface area contributed by atoms with E-state index in [4.69, 9.17) is 4.74 Å². The second kappa shape index (κ2) is 8.16. The third kappa shape index (κ3) is 5.25. The van der Waals surface area contributed by atoms with Gasteiger partial charge < -0.3 is 15.0 Å². The maximum Gasteiger partial charge on any atom is 0.140 e. The Kier molecular flexibility index (Phi) is 6.76. The lowest BCUT2D eigenvalue weighted by Gasteiger charge is -2.16. The molecule has 0 aliphatic heterocycles. The molecule has 1 rings (SSSR count). The molecule has 6 nitrogen and oxygen atoms in total. The van der Waals surface area contributed by atoms with Crippen molar-refractivity contribution >= 4 is 0 Å². The van der Waals surface area contributed by atoms with Crippen molar-refractivity contribution in [2.45, 2.75) is 20.0 Å². The Morgan fingerprint density at radius 2 is 2.29 bits per heavy atom. The Balaban J connectivity index is 2.11. The van der Waals surface area contributed by atoms with Gasteiger partial charge in [-0.3, -0.25) is 0 Å². The molecular formula is C11H23N5O. The average molecular weight is 241 g/mol. The van der Waals surface area contributed by atoms with Gasteiger partial charge in [-0.2, -0.15) is 5.10 Å². The van der Waals surface area contributed by atoms with Gasteiger partial charge in [0.25, 0.3) is 0 Å². The van der Waals surface area contributed by atoms with E-state index in [2.05, 4.69) is 34.3 Å². The summed E-state index contributed by atoms with van der Waals surface area (Å²) in [4.78, 5) is 6.45. The molecular weight excluding hydrogens is 218 g/mol. The van der Waals surface area contributed by atoms with Crippen molar-refractivity contribution < 1.29 is 4.74 Å². The molecule has 0 unspecified atom stereocenters. The first-order valence-electron chi connectivity index (χ1n) is 6.02. The van der Waals surface area contributed by atoms with Crippen molar-refractivity contribution in [3.8, 4) is 0 Å². The maximum absolute atomic E-state index is 5.02. The Bertz CT molecular complexity index is 302. The number of nitrogens with one attached hydrogen (secondary N) is 1. The molecule has 0 aromatic carbocycles. The van der Waals surface area contributed by atoms with E-state index in [9.17, 15) is 0 Å². The minimum atomic E-state index is 0.770. The fraction of sp³-hybridized carbons (Fsp3) is 0.818. The fourth-order valence-electron chi connectivity index (χ4n) is 1.52. The molecule has 1 aromatic rings. The summed E-state index contributed by atoms with van der Waals surface area (Å²) in [6.45, 7) is 7.39. The Labute approximate surface area is 103 Å². The van der Waals surface area contributed by atoms with Crippen LogP contribution in [0, 0.1) is 0 Å². The second-order valence-corrected chi connectivity index (χ2v) is 3.96. The molecule has 0 atom stereocenters. The number of ether oxygens (including phenoxy) is 1. The lowest BCUT2D eigenvalue weighted by Crippen LogP contribution is -2.31. The summed E-state index contributed by atoms with van der Waals surface area (Å²) < 4.78 is 6.93. The lowest BCUT2D eigenvalue weighted by atomic mass is 10.5. The standard InChI is InChI=1S/C11H23N5O/c1-4-16-11(13-10-14-16)9-12-5-6-15(2)7-8-17-3/h10,12H,4-9H2,1-3H3. The number of methoxy groups -OCH3 is 1. The molecule has 0 amide bonds. The van der Waals surface area contributed by atoms with Crippen LogP contribution in [-0.2, 0) is 17.8 Å². The van der Waals surface area contributed by atoms with Crippen LogP contribution in [0.25, 0.3) is 0 Å². The molecule has 0 aliphatic carbocycles. The van der Waals surface area contributed by atoms with Gasteiger partial charge in [-0.25, -0.2) is 9.67 Å². The Morgan fingerprint density at radius 3 is 3.00 bits per heavy atom. The summed E-state index contributed by atoms with van der Waals surface area (Å²) in [5, 5.41) is 7.49. The highest BCUT2D eigenvalue weighted by Gasteiger charge is 2.02. The zero-order valence-corrected chi connectivity index (χ0v) is 11.0. The molecule has 0 aliphatic rings. The third-order valence-corrected chi connectivity index (χ3v) is 2.63. The summed E-state index contributed by atoms with van der Waals surface area (Å²) in [5.74, 6) is 0.993. The first-order valence-corrected chi connectivity index (χ1v) is 6.02. The summed E-state index contributed by atoms with van der Waals surface area (Å²) in [6, 6.07) is 0. The molecule has 17 heavy (non-hydrogen) atoms. The van der Waals surface area contributed by atoms with E-state index in [1.165, 1.54) is 0 Å². The van der Waals surface area contributed by atoms with Crippen LogP contribution in [0.3, 0.4) is 0 Å². The molecule has 6 heteroatoms. The average Bonchev–Trinajstić information content (AvgIpc) is 2.79. The number of nitrogens with zero attached hydrogens (tertiary/aromatic N) is 4. The number of aryl methyl sites for hydroxylation is 1. The number of likely N-dealkylation sites (N-methyl/N-ethyl adjacent to an activating group) is 1. The number of aromatic nitrogens is 3. The predicted molar refractivity (Wildman–Crippen MR) is 66.8 cm³/mol. The highest BCUT2D eigenvalue weighted by molar-refractivity contribution is 4.83. The van der Waals surface area contributed by atoms with Gasteiger partial charge in [0.2, 0.25) is 0 Å². The number of hydrogen-bond acceptors (Lipinski definition) is 5. The van der Waals surface area contributed by atoms with Crippen molar-refractivity contribution in [1.82, 2.24) is 25.0 Å². The van der Waals surface area contributed by atoms with Crippen LogP contribution < -0.4 is 5.32 Å². The molecule has 98 valence electrons. The first-order chi connectivity index (χ1) is 8.27. The molecule has 0 radical (unpaired) electrons. The zero-order valence-electron chi connectivity index (χ0n) is 11.0. The van der Waals surface area contributed by atoms with E-state index in [0.29, 0.717) is 0 Å². The van der Waals surface area contributed by atoms with Crippen LogP contribution in [0.4, 0.5) is 0 Å². The van der Waals surface area contributed by atoms with Crippen LogP contribution >= 0.6 is 0 Å². The van der Waals surface area contributed by atoms with E-state index < -0.39 is 0 Å². The molecule has 0 spiro atoms. The van der Waals surface area contributed by atoms with Crippen LogP contribution in [0.5, 0.6) is 0 Å². The van der Waals surface area contributed by atoms with Gasteiger partial charge in [0.05, 0.1) is 13.2 Å². The van der Waals surface area contributed by atoms with Crippen LogP contribution in [0.2, 0.25) is 0 Å². The summed E-state index contributed by atoms with van der Waals surface area (Å²) >= 11 is 0. The SMILES string of the molecule is CCn1ncnc1CNCCN(C)CCOC. The predicted octanol–water partition coefficient (Wildman–Crippen LogP) is -0.0342. The van der Waals surface area contributed by atoms with Crippen molar-refractivity contribution in [2.24, 2.45) is 0 Å². The minimum absolute atomic E-state index is 0.770. The smallest absolute Gasteiger partial charge is 0.140 e. The highest BCUT2D eigenvalue weighted by Crippen LogP contribution is 1.92. The summed E-state index contributed by atoms with van der Waals surface area (Å²) in [7, 11) is 3.82. The van der Waals surface area contributed by atoms with Crippen LogP contribution in [0.15, 0.2) is 6.33 Å². The third-order valence-electron chi connectivity index (χ3n) is 2.63. The number of hydrogen-bond donors (Lipinski definition) is 1. The first kappa shape index (κ1) is 14.1. The van der Waals surface area contributed by atoms with Gasteiger partial charge in [0.15, 0.2) is 0 Å². The van der Waals surface area contributed by atoms with Gasteiger partial charge in [-0.1, -0.05) is 0 Å². The lowest BCUT2D eigenvalue weighted by molar-refractivity contribution is 0.161. The second-order valence-electron chi connectivity index (χ2n) is 3.96. The van der Waals surface area contributed by atoms with E-state index in [-0.39, 0.29) is 0 Å². The van der Waals surface area contributed by atoms with Gasteiger partial charge >= 0.3 is 0 Å². The quantitative estimate of drug-likeness (QED) is 0.615. The molecule has 0 bridgehead atoms. The van der Waals surface area contributed by atoms with Gasteiger partial charge in [0, 0.05) is 33.3 Å². The summed E-state index contributed by atoms with van der Waals surface area (Å²) in [5.41, 5.74) is 0. The molecule has 0 saturated heterocycles. The minimum Gasteiger partial charge on any atom is -0.383 e.